The van der Waals surface area contributed by atoms with E-state index in [4.69, 9.17) is 9.47 Å². The van der Waals surface area contributed by atoms with E-state index in [0.717, 1.165) is 42.4 Å². The standard InChI is InChI=1S/C22H25NO4/c1-17(24)26-13-6-3-7-14-27-22(25)21(16-23)20-12-8-11-19(15-20)18-9-4-2-5-10-18/h2,4-5,9-10,15H,3,6-8,11-14H2,1H3. The lowest BCUT2D eigenvalue weighted by Gasteiger charge is -2.16. The minimum absolute atomic E-state index is 0.100. The van der Waals surface area contributed by atoms with Gasteiger partial charge in [-0.15, -0.1) is 0 Å². The highest BCUT2D eigenvalue weighted by atomic mass is 16.5. The van der Waals surface area contributed by atoms with Crippen molar-refractivity contribution in [1.82, 2.24) is 0 Å². The Morgan fingerprint density at radius 2 is 1.74 bits per heavy atom. The van der Waals surface area contributed by atoms with E-state index < -0.39 is 5.97 Å². The Morgan fingerprint density at radius 3 is 2.41 bits per heavy atom. The first-order chi connectivity index (χ1) is 13.1. The third kappa shape index (κ3) is 6.74. The van der Waals surface area contributed by atoms with Gasteiger partial charge in [-0.1, -0.05) is 36.4 Å². The van der Waals surface area contributed by atoms with E-state index in [9.17, 15) is 14.9 Å². The first-order valence-electron chi connectivity index (χ1n) is 9.31. The third-order valence-electron chi connectivity index (χ3n) is 4.35. The summed E-state index contributed by atoms with van der Waals surface area (Å²) in [4.78, 5) is 23.0. The highest BCUT2D eigenvalue weighted by Gasteiger charge is 2.19. The van der Waals surface area contributed by atoms with Crippen LogP contribution in [0.4, 0.5) is 0 Å². The summed E-state index contributed by atoms with van der Waals surface area (Å²) in [6.07, 6.45) is 6.69. The van der Waals surface area contributed by atoms with Crippen LogP contribution in [0.5, 0.6) is 0 Å². The molecule has 0 aliphatic heterocycles. The molecule has 0 amide bonds. The van der Waals surface area contributed by atoms with Crippen LogP contribution < -0.4 is 0 Å². The third-order valence-corrected chi connectivity index (χ3v) is 4.35. The highest BCUT2D eigenvalue weighted by Crippen LogP contribution is 2.31. The van der Waals surface area contributed by atoms with Crippen molar-refractivity contribution in [1.29, 1.82) is 5.26 Å². The Balaban J connectivity index is 1.91. The van der Waals surface area contributed by atoms with Gasteiger partial charge < -0.3 is 9.47 Å². The normalized spacial score (nSPS) is 15.3. The van der Waals surface area contributed by atoms with E-state index in [1.165, 1.54) is 6.92 Å². The lowest BCUT2D eigenvalue weighted by Crippen LogP contribution is -2.11. The van der Waals surface area contributed by atoms with Crippen molar-refractivity contribution in [3.63, 3.8) is 0 Å². The van der Waals surface area contributed by atoms with Crippen LogP contribution in [0.25, 0.3) is 5.57 Å². The van der Waals surface area contributed by atoms with Crippen molar-refractivity contribution in [2.45, 2.75) is 45.4 Å². The van der Waals surface area contributed by atoms with Gasteiger partial charge in [0.25, 0.3) is 0 Å². The molecule has 0 unspecified atom stereocenters. The van der Waals surface area contributed by atoms with E-state index in [2.05, 4.69) is 0 Å². The quantitative estimate of drug-likeness (QED) is 0.295. The van der Waals surface area contributed by atoms with Crippen LogP contribution in [0.15, 0.2) is 47.6 Å². The predicted octanol–water partition coefficient (Wildman–Crippen LogP) is 4.35. The average molecular weight is 367 g/mol. The van der Waals surface area contributed by atoms with Crippen LogP contribution in [0.1, 0.15) is 51.0 Å². The van der Waals surface area contributed by atoms with E-state index >= 15 is 0 Å². The molecule has 0 bridgehead atoms. The minimum atomic E-state index is -0.557. The lowest BCUT2D eigenvalue weighted by atomic mass is 9.88. The van der Waals surface area contributed by atoms with E-state index in [1.807, 2.05) is 42.5 Å². The van der Waals surface area contributed by atoms with Gasteiger partial charge >= 0.3 is 11.9 Å². The molecule has 0 atom stereocenters. The number of benzene rings is 1. The van der Waals surface area contributed by atoms with Gasteiger partial charge in [0, 0.05) is 6.92 Å². The number of nitrogens with zero attached hydrogens (tertiary/aromatic N) is 1. The van der Waals surface area contributed by atoms with Crippen LogP contribution >= 0.6 is 0 Å². The minimum Gasteiger partial charge on any atom is -0.466 e. The van der Waals surface area contributed by atoms with Crippen LogP contribution in [0.2, 0.25) is 0 Å². The molecule has 0 heterocycles. The molecule has 1 aliphatic rings. The number of carbonyl (C=O) groups excluding carboxylic acids is 2. The topological polar surface area (TPSA) is 76.4 Å². The summed E-state index contributed by atoms with van der Waals surface area (Å²) in [6.45, 7) is 2.01. The number of carbonyl (C=O) groups is 2. The second-order valence-electron chi connectivity index (χ2n) is 6.44. The summed E-state index contributed by atoms with van der Waals surface area (Å²) in [5.74, 6) is -0.847. The molecule has 0 saturated heterocycles. The second-order valence-corrected chi connectivity index (χ2v) is 6.44. The molecular weight excluding hydrogens is 342 g/mol. The van der Waals surface area contributed by atoms with Crippen molar-refractivity contribution in [3.05, 3.63) is 53.1 Å². The molecule has 0 N–H and O–H groups in total. The fourth-order valence-corrected chi connectivity index (χ4v) is 2.98. The van der Waals surface area contributed by atoms with Gasteiger partial charge in [0.05, 0.1) is 13.2 Å². The average Bonchev–Trinajstić information content (AvgIpc) is 2.68. The van der Waals surface area contributed by atoms with Crippen molar-refractivity contribution >= 4 is 17.5 Å². The molecule has 2 rings (SSSR count). The highest BCUT2D eigenvalue weighted by molar-refractivity contribution is 5.95. The smallest absolute Gasteiger partial charge is 0.349 e. The molecule has 27 heavy (non-hydrogen) atoms. The van der Waals surface area contributed by atoms with Gasteiger partial charge in [-0.2, -0.15) is 5.26 Å². The van der Waals surface area contributed by atoms with Crippen LogP contribution in [0, 0.1) is 11.3 Å². The summed E-state index contributed by atoms with van der Waals surface area (Å²) < 4.78 is 10.1. The van der Waals surface area contributed by atoms with E-state index in [1.54, 1.807) is 0 Å². The summed E-state index contributed by atoms with van der Waals surface area (Å²) >= 11 is 0. The Kier molecular flexibility index (Phi) is 8.31. The van der Waals surface area contributed by atoms with Gasteiger partial charge in [-0.3, -0.25) is 4.79 Å². The Labute approximate surface area is 160 Å². The molecule has 5 nitrogen and oxygen atoms in total. The zero-order chi connectivity index (χ0) is 19.5. The Morgan fingerprint density at radius 1 is 1.04 bits per heavy atom. The molecule has 5 heteroatoms. The fraction of sp³-hybridized carbons (Fsp3) is 0.409. The summed E-state index contributed by atoms with van der Waals surface area (Å²) in [5.41, 5.74) is 3.11. The van der Waals surface area contributed by atoms with Crippen molar-refractivity contribution in [2.75, 3.05) is 13.2 Å². The Bertz CT molecular complexity index is 756. The first-order valence-corrected chi connectivity index (χ1v) is 9.31. The van der Waals surface area contributed by atoms with Gasteiger partial charge in [0.2, 0.25) is 0 Å². The number of nitriles is 1. The van der Waals surface area contributed by atoms with Crippen molar-refractivity contribution in [2.24, 2.45) is 0 Å². The SMILES string of the molecule is CC(=O)OCCCCCOC(=O)C(C#N)=C1C=C(c2ccccc2)CCC1. The molecule has 0 radical (unpaired) electrons. The molecular formula is C22H25NO4. The maximum atomic E-state index is 12.3. The van der Waals surface area contributed by atoms with Crippen molar-refractivity contribution in [3.8, 4) is 6.07 Å². The van der Waals surface area contributed by atoms with Gasteiger partial charge in [-0.05, 0) is 55.2 Å². The van der Waals surface area contributed by atoms with Crippen LogP contribution in [-0.2, 0) is 19.1 Å². The number of rotatable bonds is 8. The molecule has 142 valence electrons. The zero-order valence-electron chi connectivity index (χ0n) is 15.7. The maximum absolute atomic E-state index is 12.3. The lowest BCUT2D eigenvalue weighted by molar-refractivity contribution is -0.141. The number of ether oxygens (including phenoxy) is 2. The summed E-state index contributed by atoms with van der Waals surface area (Å²) in [5, 5.41) is 9.44. The molecule has 1 aliphatic carbocycles. The molecule has 0 aromatic heterocycles. The number of hydrogen-bond donors (Lipinski definition) is 0. The number of unbranched alkanes of at least 4 members (excludes halogenated alkanes) is 2. The summed E-state index contributed by atoms with van der Waals surface area (Å²) in [6, 6.07) is 12.0. The first kappa shape index (κ1) is 20.4. The van der Waals surface area contributed by atoms with E-state index in [-0.39, 0.29) is 18.1 Å². The predicted molar refractivity (Wildman–Crippen MR) is 102 cm³/mol. The largest absolute Gasteiger partial charge is 0.466 e. The van der Waals surface area contributed by atoms with E-state index in [0.29, 0.717) is 19.4 Å². The van der Waals surface area contributed by atoms with Gasteiger partial charge in [0.1, 0.15) is 11.6 Å². The van der Waals surface area contributed by atoms with Gasteiger partial charge in [-0.25, -0.2) is 4.79 Å². The number of allylic oxidation sites excluding steroid dienone is 3. The number of hydrogen-bond acceptors (Lipinski definition) is 5. The Hall–Kier alpha value is -2.87. The second kappa shape index (κ2) is 11.0. The number of esters is 2. The maximum Gasteiger partial charge on any atom is 0.349 e. The van der Waals surface area contributed by atoms with Crippen molar-refractivity contribution < 1.29 is 19.1 Å². The summed E-state index contributed by atoms with van der Waals surface area (Å²) in [7, 11) is 0. The molecule has 1 aromatic rings. The van der Waals surface area contributed by atoms with Gasteiger partial charge in [0.15, 0.2) is 0 Å². The fourth-order valence-electron chi connectivity index (χ4n) is 2.98. The molecule has 0 fully saturated rings. The van der Waals surface area contributed by atoms with Crippen LogP contribution in [-0.4, -0.2) is 25.2 Å². The molecule has 1 aromatic carbocycles. The molecule has 0 spiro atoms. The van der Waals surface area contributed by atoms with Crippen LogP contribution in [0.3, 0.4) is 0 Å². The monoisotopic (exact) mass is 367 g/mol. The zero-order valence-corrected chi connectivity index (χ0v) is 15.7. The molecule has 0 saturated carbocycles.